The molecule has 0 heterocycles. The molecule has 2 N–H and O–H groups in total. The number of unbranched alkanes of at least 4 members (excludes halogenated alkanes) is 1. The summed E-state index contributed by atoms with van der Waals surface area (Å²) in [6.45, 7) is 4.18. The van der Waals surface area contributed by atoms with E-state index >= 15 is 0 Å². The summed E-state index contributed by atoms with van der Waals surface area (Å²) < 4.78 is 13.5. The average Bonchev–Trinajstić information content (AvgIpc) is 2.34. The van der Waals surface area contributed by atoms with Crippen molar-refractivity contribution in [3.8, 4) is 0 Å². The van der Waals surface area contributed by atoms with Gasteiger partial charge in [0.05, 0.1) is 0 Å². The quantitative estimate of drug-likeness (QED) is 0.791. The van der Waals surface area contributed by atoms with E-state index in [1.165, 1.54) is 18.9 Å². The van der Waals surface area contributed by atoms with Crippen molar-refractivity contribution >= 4 is 0 Å². The standard InChI is InChI=1S/C14H23FN2/c1-3-4-10-17(2)11-9-14(16)12-7-5-6-8-13(12)15/h5-8,14H,3-4,9-11,16H2,1-2H3. The Kier molecular flexibility index (Phi) is 6.16. The third-order valence-electron chi connectivity index (χ3n) is 3.02. The zero-order chi connectivity index (χ0) is 12.7. The maximum Gasteiger partial charge on any atom is 0.127 e. The van der Waals surface area contributed by atoms with E-state index in [0.29, 0.717) is 5.56 Å². The van der Waals surface area contributed by atoms with Crippen LogP contribution in [-0.2, 0) is 0 Å². The molecule has 0 aliphatic carbocycles. The smallest absolute Gasteiger partial charge is 0.127 e. The molecule has 0 spiro atoms. The molecule has 17 heavy (non-hydrogen) atoms. The summed E-state index contributed by atoms with van der Waals surface area (Å²) in [4.78, 5) is 2.25. The molecule has 1 aromatic carbocycles. The molecule has 0 saturated heterocycles. The van der Waals surface area contributed by atoms with Crippen molar-refractivity contribution < 1.29 is 4.39 Å². The molecule has 1 aromatic rings. The summed E-state index contributed by atoms with van der Waals surface area (Å²) >= 11 is 0. The van der Waals surface area contributed by atoms with Crippen LogP contribution in [-0.4, -0.2) is 25.0 Å². The lowest BCUT2D eigenvalue weighted by Crippen LogP contribution is -2.25. The molecule has 0 aliphatic rings. The highest BCUT2D eigenvalue weighted by molar-refractivity contribution is 5.20. The second-order valence-electron chi connectivity index (χ2n) is 4.57. The Morgan fingerprint density at radius 3 is 2.65 bits per heavy atom. The minimum absolute atomic E-state index is 0.198. The summed E-state index contributed by atoms with van der Waals surface area (Å²) in [5, 5.41) is 0. The lowest BCUT2D eigenvalue weighted by Gasteiger charge is -2.19. The van der Waals surface area contributed by atoms with Crippen molar-refractivity contribution in [1.29, 1.82) is 0 Å². The molecular weight excluding hydrogens is 215 g/mol. The highest BCUT2D eigenvalue weighted by Crippen LogP contribution is 2.17. The molecule has 0 bridgehead atoms. The molecule has 0 amide bonds. The number of halogens is 1. The minimum atomic E-state index is -0.208. The maximum atomic E-state index is 13.5. The van der Waals surface area contributed by atoms with E-state index in [4.69, 9.17) is 5.73 Å². The van der Waals surface area contributed by atoms with Gasteiger partial charge >= 0.3 is 0 Å². The predicted molar refractivity (Wildman–Crippen MR) is 70.4 cm³/mol. The Labute approximate surface area is 104 Å². The van der Waals surface area contributed by atoms with E-state index < -0.39 is 0 Å². The van der Waals surface area contributed by atoms with Crippen LogP contribution in [0.4, 0.5) is 4.39 Å². The van der Waals surface area contributed by atoms with Crippen LogP contribution in [0.2, 0.25) is 0 Å². The van der Waals surface area contributed by atoms with Crippen LogP contribution in [0.5, 0.6) is 0 Å². The lowest BCUT2D eigenvalue weighted by molar-refractivity contribution is 0.312. The van der Waals surface area contributed by atoms with Crippen molar-refractivity contribution in [2.75, 3.05) is 20.1 Å². The topological polar surface area (TPSA) is 29.3 Å². The van der Waals surface area contributed by atoms with Crippen LogP contribution in [0.25, 0.3) is 0 Å². The lowest BCUT2D eigenvalue weighted by atomic mass is 10.0. The normalized spacial score (nSPS) is 13.0. The van der Waals surface area contributed by atoms with Gasteiger partial charge in [0.25, 0.3) is 0 Å². The van der Waals surface area contributed by atoms with Gasteiger partial charge in [-0.15, -0.1) is 0 Å². The predicted octanol–water partition coefficient (Wildman–Crippen LogP) is 2.95. The Hall–Kier alpha value is -0.930. The molecule has 0 saturated carbocycles. The van der Waals surface area contributed by atoms with E-state index in [1.54, 1.807) is 12.1 Å². The van der Waals surface area contributed by atoms with Crippen LogP contribution >= 0.6 is 0 Å². The fourth-order valence-corrected chi connectivity index (χ4v) is 1.83. The van der Waals surface area contributed by atoms with Crippen LogP contribution < -0.4 is 5.73 Å². The summed E-state index contributed by atoms with van der Waals surface area (Å²) in [5.74, 6) is -0.198. The van der Waals surface area contributed by atoms with Crippen LogP contribution in [0.1, 0.15) is 37.8 Å². The fourth-order valence-electron chi connectivity index (χ4n) is 1.83. The molecule has 3 heteroatoms. The first-order valence-corrected chi connectivity index (χ1v) is 6.33. The third-order valence-corrected chi connectivity index (χ3v) is 3.02. The number of benzene rings is 1. The Morgan fingerprint density at radius 2 is 2.00 bits per heavy atom. The first-order chi connectivity index (χ1) is 8.15. The second kappa shape index (κ2) is 7.41. The Morgan fingerprint density at radius 1 is 1.29 bits per heavy atom. The van der Waals surface area contributed by atoms with Crippen LogP contribution in [0.3, 0.4) is 0 Å². The maximum absolute atomic E-state index is 13.5. The van der Waals surface area contributed by atoms with E-state index in [-0.39, 0.29) is 11.9 Å². The van der Waals surface area contributed by atoms with Gasteiger partial charge < -0.3 is 10.6 Å². The van der Waals surface area contributed by atoms with Crippen molar-refractivity contribution in [2.24, 2.45) is 5.73 Å². The molecule has 2 nitrogen and oxygen atoms in total. The number of nitrogens with zero attached hydrogens (tertiary/aromatic N) is 1. The van der Waals surface area contributed by atoms with Gasteiger partial charge in [0.1, 0.15) is 5.82 Å². The van der Waals surface area contributed by atoms with Gasteiger partial charge in [-0.2, -0.15) is 0 Å². The summed E-state index contributed by atoms with van der Waals surface area (Å²) in [5.41, 5.74) is 6.63. The number of hydrogen-bond acceptors (Lipinski definition) is 2. The molecule has 0 fully saturated rings. The van der Waals surface area contributed by atoms with Crippen LogP contribution in [0.15, 0.2) is 24.3 Å². The van der Waals surface area contributed by atoms with Crippen molar-refractivity contribution in [3.05, 3.63) is 35.6 Å². The van der Waals surface area contributed by atoms with Crippen molar-refractivity contribution in [3.63, 3.8) is 0 Å². The summed E-state index contributed by atoms with van der Waals surface area (Å²) in [6.07, 6.45) is 3.19. The fraction of sp³-hybridized carbons (Fsp3) is 0.571. The molecule has 0 aliphatic heterocycles. The highest BCUT2D eigenvalue weighted by atomic mass is 19.1. The van der Waals surface area contributed by atoms with E-state index in [2.05, 4.69) is 18.9 Å². The first-order valence-electron chi connectivity index (χ1n) is 6.33. The van der Waals surface area contributed by atoms with Gasteiger partial charge in [-0.25, -0.2) is 4.39 Å². The number of nitrogens with two attached hydrogens (primary N) is 1. The van der Waals surface area contributed by atoms with Gasteiger partial charge in [-0.1, -0.05) is 31.5 Å². The van der Waals surface area contributed by atoms with Crippen LogP contribution in [0, 0.1) is 5.82 Å². The van der Waals surface area contributed by atoms with Gasteiger partial charge in [0, 0.05) is 11.6 Å². The minimum Gasteiger partial charge on any atom is -0.324 e. The average molecular weight is 238 g/mol. The molecular formula is C14H23FN2. The molecule has 96 valence electrons. The first kappa shape index (κ1) is 14.1. The molecule has 1 rings (SSSR count). The summed E-state index contributed by atoms with van der Waals surface area (Å²) in [6, 6.07) is 6.56. The molecule has 0 aromatic heterocycles. The highest BCUT2D eigenvalue weighted by Gasteiger charge is 2.11. The van der Waals surface area contributed by atoms with Gasteiger partial charge in [-0.3, -0.25) is 0 Å². The zero-order valence-electron chi connectivity index (χ0n) is 10.8. The van der Waals surface area contributed by atoms with E-state index in [9.17, 15) is 4.39 Å². The number of rotatable bonds is 7. The largest absolute Gasteiger partial charge is 0.324 e. The van der Waals surface area contributed by atoms with Gasteiger partial charge in [0.2, 0.25) is 0 Å². The SMILES string of the molecule is CCCCN(C)CCC(N)c1ccccc1F. The van der Waals surface area contributed by atoms with Gasteiger partial charge in [0.15, 0.2) is 0 Å². The zero-order valence-corrected chi connectivity index (χ0v) is 10.8. The second-order valence-corrected chi connectivity index (χ2v) is 4.57. The molecule has 1 atom stereocenters. The van der Waals surface area contributed by atoms with E-state index in [1.807, 2.05) is 6.07 Å². The van der Waals surface area contributed by atoms with Gasteiger partial charge in [-0.05, 0) is 39.0 Å². The molecule has 0 radical (unpaired) electrons. The Balaban J connectivity index is 2.39. The number of hydrogen-bond donors (Lipinski definition) is 1. The van der Waals surface area contributed by atoms with E-state index in [0.717, 1.165) is 19.5 Å². The third kappa shape index (κ3) is 4.84. The monoisotopic (exact) mass is 238 g/mol. The Bertz CT molecular complexity index is 328. The van der Waals surface area contributed by atoms with Crippen molar-refractivity contribution in [2.45, 2.75) is 32.2 Å². The van der Waals surface area contributed by atoms with Crippen molar-refractivity contribution in [1.82, 2.24) is 4.90 Å². The summed E-state index contributed by atoms with van der Waals surface area (Å²) in [7, 11) is 2.09. The molecule has 1 unspecified atom stereocenters.